The average molecular weight is 182 g/mol. The van der Waals surface area contributed by atoms with Crippen molar-refractivity contribution in [3.8, 4) is 5.75 Å². The summed E-state index contributed by atoms with van der Waals surface area (Å²) in [6.45, 7) is 8.04. The summed E-state index contributed by atoms with van der Waals surface area (Å²) in [6, 6.07) is 9.84. The second-order valence-corrected chi connectivity index (χ2v) is 2.48. The number of rotatable bonds is 2. The number of hydrogen-bond donors (Lipinski definition) is 0. The number of para-hydroxylation sites is 1. The van der Waals surface area contributed by atoms with Gasteiger partial charge in [0.15, 0.2) is 0 Å². The summed E-state index contributed by atoms with van der Waals surface area (Å²) in [5.74, 6) is 0.942. The Morgan fingerprint density at radius 1 is 1.00 bits per heavy atom. The molecule has 1 aromatic rings. The Morgan fingerprint density at radius 2 is 1.46 bits per heavy atom. The molecule has 0 saturated heterocycles. The maximum atomic E-state index is 5.41. The fourth-order valence-electron chi connectivity index (χ4n) is 0.771. The molecule has 0 amide bonds. The first kappa shape index (κ1) is 14.5. The van der Waals surface area contributed by atoms with Crippen molar-refractivity contribution in [2.45, 2.75) is 41.2 Å². The van der Waals surface area contributed by atoms with Crippen LogP contribution in [0, 0.1) is 0 Å². The summed E-state index contributed by atoms with van der Waals surface area (Å²) in [6.07, 6.45) is 0.266. The van der Waals surface area contributed by atoms with E-state index in [4.69, 9.17) is 4.74 Å². The molecule has 1 rings (SSSR count). The second-order valence-electron chi connectivity index (χ2n) is 2.48. The molecular weight excluding hydrogens is 160 g/mol. The Kier molecular flexibility index (Phi) is 10.2. The summed E-state index contributed by atoms with van der Waals surface area (Å²) in [4.78, 5) is 0. The lowest BCUT2D eigenvalue weighted by molar-refractivity contribution is 0.242. The summed E-state index contributed by atoms with van der Waals surface area (Å²) in [5, 5.41) is 0. The third-order valence-corrected chi connectivity index (χ3v) is 1.11. The maximum absolute atomic E-state index is 5.41. The molecular formula is C12H22O. The molecule has 0 spiro atoms. The standard InChI is InChI=1S/C9H12O.C2H6.CH4/c1-8(2)10-9-6-4-3-5-7-9;1-2;/h3-8H,1-2H3;1-2H3;1H4. The molecule has 0 unspecified atom stereocenters. The van der Waals surface area contributed by atoms with Crippen LogP contribution < -0.4 is 4.74 Å². The van der Waals surface area contributed by atoms with Crippen molar-refractivity contribution in [1.82, 2.24) is 0 Å². The van der Waals surface area contributed by atoms with Gasteiger partial charge < -0.3 is 4.74 Å². The van der Waals surface area contributed by atoms with Gasteiger partial charge >= 0.3 is 0 Å². The normalized spacial score (nSPS) is 8.08. The second kappa shape index (κ2) is 9.11. The van der Waals surface area contributed by atoms with Crippen LogP contribution in [0.15, 0.2) is 30.3 Å². The van der Waals surface area contributed by atoms with Crippen LogP contribution >= 0.6 is 0 Å². The topological polar surface area (TPSA) is 9.23 Å². The van der Waals surface area contributed by atoms with Crippen molar-refractivity contribution in [2.24, 2.45) is 0 Å². The Labute approximate surface area is 82.7 Å². The van der Waals surface area contributed by atoms with Gasteiger partial charge in [-0.05, 0) is 26.0 Å². The zero-order valence-electron chi connectivity index (χ0n) is 8.37. The van der Waals surface area contributed by atoms with E-state index in [1.165, 1.54) is 0 Å². The van der Waals surface area contributed by atoms with Gasteiger partial charge in [0.25, 0.3) is 0 Å². The highest BCUT2D eigenvalue weighted by atomic mass is 16.5. The minimum absolute atomic E-state index is 0. The lowest BCUT2D eigenvalue weighted by Crippen LogP contribution is -2.04. The van der Waals surface area contributed by atoms with E-state index < -0.39 is 0 Å². The number of ether oxygens (including phenoxy) is 1. The first-order valence-electron chi connectivity index (χ1n) is 4.51. The molecule has 0 aliphatic rings. The molecule has 0 fully saturated rings. The van der Waals surface area contributed by atoms with Crippen LogP contribution in [0.25, 0.3) is 0 Å². The predicted octanol–water partition coefficient (Wildman–Crippen LogP) is 4.14. The smallest absolute Gasteiger partial charge is 0.119 e. The number of hydrogen-bond acceptors (Lipinski definition) is 1. The van der Waals surface area contributed by atoms with Gasteiger partial charge in [-0.25, -0.2) is 0 Å². The van der Waals surface area contributed by atoms with E-state index in [9.17, 15) is 0 Å². The van der Waals surface area contributed by atoms with E-state index >= 15 is 0 Å². The number of benzene rings is 1. The van der Waals surface area contributed by atoms with Crippen molar-refractivity contribution < 1.29 is 4.74 Å². The predicted molar refractivity (Wildman–Crippen MR) is 60.3 cm³/mol. The summed E-state index contributed by atoms with van der Waals surface area (Å²) < 4.78 is 5.41. The Balaban J connectivity index is 0. The van der Waals surface area contributed by atoms with Crippen LogP contribution in [0.3, 0.4) is 0 Å². The van der Waals surface area contributed by atoms with Crippen LogP contribution in [-0.2, 0) is 0 Å². The van der Waals surface area contributed by atoms with Gasteiger partial charge in [0, 0.05) is 0 Å². The van der Waals surface area contributed by atoms with E-state index in [0.29, 0.717) is 0 Å². The molecule has 0 aromatic heterocycles. The third kappa shape index (κ3) is 7.38. The Morgan fingerprint density at radius 3 is 1.85 bits per heavy atom. The fourth-order valence-corrected chi connectivity index (χ4v) is 0.771. The zero-order valence-corrected chi connectivity index (χ0v) is 8.37. The van der Waals surface area contributed by atoms with E-state index in [2.05, 4.69) is 0 Å². The summed E-state index contributed by atoms with van der Waals surface area (Å²) in [7, 11) is 0. The molecule has 1 nitrogen and oxygen atoms in total. The fraction of sp³-hybridized carbons (Fsp3) is 0.500. The molecule has 1 aromatic carbocycles. The van der Waals surface area contributed by atoms with Crippen LogP contribution in [-0.4, -0.2) is 6.10 Å². The molecule has 0 aliphatic carbocycles. The van der Waals surface area contributed by atoms with Crippen molar-refractivity contribution in [2.75, 3.05) is 0 Å². The molecule has 0 heterocycles. The van der Waals surface area contributed by atoms with Gasteiger partial charge in [-0.3, -0.25) is 0 Å². The van der Waals surface area contributed by atoms with Gasteiger partial charge in [0.2, 0.25) is 0 Å². The largest absolute Gasteiger partial charge is 0.491 e. The zero-order chi connectivity index (χ0) is 9.40. The maximum Gasteiger partial charge on any atom is 0.119 e. The van der Waals surface area contributed by atoms with Crippen molar-refractivity contribution in [1.29, 1.82) is 0 Å². The first-order valence-corrected chi connectivity index (χ1v) is 4.51. The molecule has 1 heteroatoms. The summed E-state index contributed by atoms with van der Waals surface area (Å²) >= 11 is 0. The van der Waals surface area contributed by atoms with Crippen LogP contribution in [0.4, 0.5) is 0 Å². The van der Waals surface area contributed by atoms with Crippen molar-refractivity contribution >= 4 is 0 Å². The molecule has 0 bridgehead atoms. The molecule has 76 valence electrons. The SMILES string of the molecule is C.CC.CC(C)Oc1ccccc1. The Hall–Kier alpha value is -0.980. The minimum Gasteiger partial charge on any atom is -0.491 e. The van der Waals surface area contributed by atoms with Gasteiger partial charge in [0.05, 0.1) is 6.10 Å². The molecule has 0 atom stereocenters. The van der Waals surface area contributed by atoms with E-state index in [0.717, 1.165) is 5.75 Å². The molecule has 0 radical (unpaired) electrons. The average Bonchev–Trinajstić information content (AvgIpc) is 2.08. The van der Waals surface area contributed by atoms with Crippen LogP contribution in [0.1, 0.15) is 35.1 Å². The van der Waals surface area contributed by atoms with Crippen LogP contribution in [0.2, 0.25) is 0 Å². The Bertz CT molecular complexity index is 180. The first-order chi connectivity index (χ1) is 5.79. The monoisotopic (exact) mass is 182 g/mol. The molecule has 13 heavy (non-hydrogen) atoms. The van der Waals surface area contributed by atoms with Crippen LogP contribution in [0.5, 0.6) is 5.75 Å². The van der Waals surface area contributed by atoms with Gasteiger partial charge in [-0.1, -0.05) is 39.5 Å². The van der Waals surface area contributed by atoms with Gasteiger partial charge in [-0.2, -0.15) is 0 Å². The lowest BCUT2D eigenvalue weighted by Gasteiger charge is -2.07. The van der Waals surface area contributed by atoms with Crippen molar-refractivity contribution in [3.63, 3.8) is 0 Å². The van der Waals surface area contributed by atoms with Gasteiger partial charge in [-0.15, -0.1) is 0 Å². The molecule has 0 aliphatic heterocycles. The third-order valence-electron chi connectivity index (χ3n) is 1.11. The van der Waals surface area contributed by atoms with E-state index in [-0.39, 0.29) is 13.5 Å². The minimum atomic E-state index is 0. The van der Waals surface area contributed by atoms with Gasteiger partial charge in [0.1, 0.15) is 5.75 Å². The van der Waals surface area contributed by atoms with E-state index in [1.807, 2.05) is 58.0 Å². The highest BCUT2D eigenvalue weighted by molar-refractivity contribution is 5.20. The summed E-state index contributed by atoms with van der Waals surface area (Å²) in [5.41, 5.74) is 0. The lowest BCUT2D eigenvalue weighted by atomic mass is 10.3. The quantitative estimate of drug-likeness (QED) is 0.668. The van der Waals surface area contributed by atoms with E-state index in [1.54, 1.807) is 0 Å². The highest BCUT2D eigenvalue weighted by Crippen LogP contribution is 2.09. The van der Waals surface area contributed by atoms with Crippen molar-refractivity contribution in [3.05, 3.63) is 30.3 Å². The molecule has 0 N–H and O–H groups in total. The highest BCUT2D eigenvalue weighted by Gasteiger charge is 1.92. The molecule has 0 saturated carbocycles.